The van der Waals surface area contributed by atoms with Gasteiger partial charge in [0.25, 0.3) is 0 Å². The lowest BCUT2D eigenvalue weighted by Gasteiger charge is -2.35. The summed E-state index contributed by atoms with van der Waals surface area (Å²) in [5.74, 6) is 4.64. The largest absolute Gasteiger partial charge is 0.329 e. The molecule has 1 rings (SSSR count). The number of rotatable bonds is 6. The Kier molecular flexibility index (Phi) is 6.43. The molecule has 0 bridgehead atoms. The van der Waals surface area contributed by atoms with Gasteiger partial charge in [-0.2, -0.15) is 23.5 Å². The predicted molar refractivity (Wildman–Crippen MR) is 73.9 cm³/mol. The fourth-order valence-electron chi connectivity index (χ4n) is 2.23. The van der Waals surface area contributed by atoms with E-state index in [-0.39, 0.29) is 0 Å². The second-order valence-electron chi connectivity index (χ2n) is 4.40. The molecular weight excluding hydrogens is 224 g/mol. The van der Waals surface area contributed by atoms with Crippen LogP contribution in [0.1, 0.15) is 13.3 Å². The molecule has 0 spiro atoms. The lowest BCUT2D eigenvalue weighted by molar-refractivity contribution is 0.156. The van der Waals surface area contributed by atoms with Crippen LogP contribution in [0.2, 0.25) is 0 Å². The molecule has 3 atom stereocenters. The minimum atomic E-state index is 0.585. The van der Waals surface area contributed by atoms with Crippen LogP contribution in [0, 0.1) is 5.92 Å². The van der Waals surface area contributed by atoms with E-state index in [1.807, 2.05) is 11.8 Å². The zero-order valence-electron chi connectivity index (χ0n) is 10.1. The second kappa shape index (κ2) is 7.05. The van der Waals surface area contributed by atoms with E-state index in [1.54, 1.807) is 0 Å². The molecule has 1 saturated heterocycles. The van der Waals surface area contributed by atoms with Crippen molar-refractivity contribution in [3.05, 3.63) is 0 Å². The Hall–Kier alpha value is 0.620. The van der Waals surface area contributed by atoms with E-state index < -0.39 is 0 Å². The highest BCUT2D eigenvalue weighted by Crippen LogP contribution is 2.28. The van der Waals surface area contributed by atoms with E-state index in [1.165, 1.54) is 23.7 Å². The van der Waals surface area contributed by atoms with Gasteiger partial charge < -0.3 is 5.73 Å². The van der Waals surface area contributed by atoms with Crippen molar-refractivity contribution in [2.24, 2.45) is 11.7 Å². The standard InChI is InChI=1S/C11H24N2S2/c1-9(7-14-3)13(2)11(6-12)10-4-5-15-8-10/h9-11H,4-8,12H2,1-3H3. The van der Waals surface area contributed by atoms with Crippen LogP contribution < -0.4 is 5.73 Å². The van der Waals surface area contributed by atoms with Gasteiger partial charge in [-0.05, 0) is 44.1 Å². The number of hydrogen-bond donors (Lipinski definition) is 1. The first-order valence-electron chi connectivity index (χ1n) is 5.69. The Morgan fingerprint density at radius 2 is 2.33 bits per heavy atom. The average molecular weight is 248 g/mol. The van der Waals surface area contributed by atoms with E-state index in [0.717, 1.165) is 12.5 Å². The van der Waals surface area contributed by atoms with Crippen LogP contribution in [0.25, 0.3) is 0 Å². The summed E-state index contributed by atoms with van der Waals surface area (Å²) < 4.78 is 0. The molecule has 0 saturated carbocycles. The van der Waals surface area contributed by atoms with Crippen LogP contribution in [0.15, 0.2) is 0 Å². The normalized spacial score (nSPS) is 25.8. The van der Waals surface area contributed by atoms with Gasteiger partial charge in [0, 0.05) is 24.4 Å². The van der Waals surface area contributed by atoms with Gasteiger partial charge >= 0.3 is 0 Å². The molecule has 2 nitrogen and oxygen atoms in total. The lowest BCUT2D eigenvalue weighted by atomic mass is 9.97. The molecular formula is C11H24N2S2. The fourth-order valence-corrected chi connectivity index (χ4v) is 4.28. The smallest absolute Gasteiger partial charge is 0.0254 e. The van der Waals surface area contributed by atoms with Crippen LogP contribution in [0.4, 0.5) is 0 Å². The van der Waals surface area contributed by atoms with Gasteiger partial charge in [-0.3, -0.25) is 4.90 Å². The van der Waals surface area contributed by atoms with E-state index in [9.17, 15) is 0 Å². The van der Waals surface area contributed by atoms with Crippen LogP contribution >= 0.6 is 23.5 Å². The summed E-state index contributed by atoms with van der Waals surface area (Å²) in [4.78, 5) is 2.49. The average Bonchev–Trinajstić information content (AvgIpc) is 2.72. The summed E-state index contributed by atoms with van der Waals surface area (Å²) in [6.07, 6.45) is 3.52. The van der Waals surface area contributed by atoms with E-state index >= 15 is 0 Å². The molecule has 2 N–H and O–H groups in total. The summed E-state index contributed by atoms with van der Waals surface area (Å²) >= 11 is 4.00. The maximum atomic E-state index is 5.93. The molecule has 3 unspecified atom stereocenters. The highest BCUT2D eigenvalue weighted by Gasteiger charge is 2.29. The molecule has 1 aliphatic rings. The number of thioether (sulfide) groups is 2. The first kappa shape index (κ1) is 13.7. The Morgan fingerprint density at radius 1 is 1.60 bits per heavy atom. The number of hydrogen-bond acceptors (Lipinski definition) is 4. The molecule has 0 aromatic carbocycles. The summed E-state index contributed by atoms with van der Waals surface area (Å²) in [6, 6.07) is 1.22. The molecule has 0 radical (unpaired) electrons. The zero-order chi connectivity index (χ0) is 11.3. The third-order valence-electron chi connectivity index (χ3n) is 3.38. The molecule has 15 heavy (non-hydrogen) atoms. The van der Waals surface area contributed by atoms with Crippen molar-refractivity contribution in [1.82, 2.24) is 4.90 Å². The molecule has 0 aromatic rings. The summed E-state index contributed by atoms with van der Waals surface area (Å²) in [5, 5.41) is 0. The number of nitrogens with zero attached hydrogens (tertiary/aromatic N) is 1. The molecule has 90 valence electrons. The first-order valence-corrected chi connectivity index (χ1v) is 8.24. The van der Waals surface area contributed by atoms with Gasteiger partial charge in [0.05, 0.1) is 0 Å². The van der Waals surface area contributed by atoms with Crippen molar-refractivity contribution in [2.75, 3.05) is 37.1 Å². The molecule has 0 aliphatic carbocycles. The third kappa shape index (κ3) is 3.84. The maximum Gasteiger partial charge on any atom is 0.0254 e. The SMILES string of the molecule is CSCC(C)N(C)C(CN)C1CCSC1. The van der Waals surface area contributed by atoms with Gasteiger partial charge in [0.1, 0.15) is 0 Å². The van der Waals surface area contributed by atoms with Crippen molar-refractivity contribution in [1.29, 1.82) is 0 Å². The molecule has 1 heterocycles. The summed E-state index contributed by atoms with van der Waals surface area (Å²) in [7, 11) is 2.24. The van der Waals surface area contributed by atoms with Crippen LogP contribution in [0.5, 0.6) is 0 Å². The predicted octanol–water partition coefficient (Wildman–Crippen LogP) is 1.75. The van der Waals surface area contributed by atoms with E-state index in [0.29, 0.717) is 12.1 Å². The fraction of sp³-hybridized carbons (Fsp3) is 1.00. The van der Waals surface area contributed by atoms with Crippen LogP contribution in [-0.2, 0) is 0 Å². The summed E-state index contributed by atoms with van der Waals surface area (Å²) in [5.41, 5.74) is 5.93. The molecule has 0 aromatic heterocycles. The van der Waals surface area contributed by atoms with Gasteiger partial charge in [-0.15, -0.1) is 0 Å². The highest BCUT2D eigenvalue weighted by atomic mass is 32.2. The Morgan fingerprint density at radius 3 is 2.80 bits per heavy atom. The Bertz CT molecular complexity index is 172. The van der Waals surface area contributed by atoms with Crippen molar-refractivity contribution in [3.63, 3.8) is 0 Å². The molecule has 4 heteroatoms. The van der Waals surface area contributed by atoms with E-state index in [4.69, 9.17) is 5.73 Å². The van der Waals surface area contributed by atoms with Gasteiger partial charge in [-0.1, -0.05) is 0 Å². The minimum absolute atomic E-state index is 0.585. The van der Waals surface area contributed by atoms with Gasteiger partial charge in [0.15, 0.2) is 0 Å². The quantitative estimate of drug-likeness (QED) is 0.775. The first-order chi connectivity index (χ1) is 7.20. The van der Waals surface area contributed by atoms with Crippen molar-refractivity contribution in [3.8, 4) is 0 Å². The topological polar surface area (TPSA) is 29.3 Å². The van der Waals surface area contributed by atoms with Gasteiger partial charge in [-0.25, -0.2) is 0 Å². The van der Waals surface area contributed by atoms with Crippen LogP contribution in [0.3, 0.4) is 0 Å². The third-order valence-corrected chi connectivity index (χ3v) is 5.38. The van der Waals surface area contributed by atoms with Gasteiger partial charge in [0.2, 0.25) is 0 Å². The highest BCUT2D eigenvalue weighted by molar-refractivity contribution is 7.99. The minimum Gasteiger partial charge on any atom is -0.329 e. The monoisotopic (exact) mass is 248 g/mol. The second-order valence-corrected chi connectivity index (χ2v) is 6.46. The van der Waals surface area contributed by atoms with E-state index in [2.05, 4.69) is 36.9 Å². The molecule has 1 fully saturated rings. The summed E-state index contributed by atoms with van der Waals surface area (Å²) in [6.45, 7) is 3.11. The number of nitrogens with two attached hydrogens (primary N) is 1. The lowest BCUT2D eigenvalue weighted by Crippen LogP contribution is -2.48. The van der Waals surface area contributed by atoms with Crippen molar-refractivity contribution < 1.29 is 0 Å². The zero-order valence-corrected chi connectivity index (χ0v) is 11.7. The molecule has 1 aliphatic heterocycles. The Balaban J connectivity index is 2.48. The maximum absolute atomic E-state index is 5.93. The molecule has 0 amide bonds. The Labute approximate surface area is 103 Å². The van der Waals surface area contributed by atoms with Crippen molar-refractivity contribution in [2.45, 2.75) is 25.4 Å². The number of likely N-dealkylation sites (N-methyl/N-ethyl adjacent to an activating group) is 1. The van der Waals surface area contributed by atoms with Crippen LogP contribution in [-0.4, -0.2) is 54.1 Å². The van der Waals surface area contributed by atoms with Crippen molar-refractivity contribution >= 4 is 23.5 Å².